The number of nitrogens with zero attached hydrogens (tertiary/aromatic N) is 2. The van der Waals surface area contributed by atoms with Crippen molar-refractivity contribution < 1.29 is 31.9 Å². The Morgan fingerprint density at radius 2 is 1.76 bits per heavy atom. The highest BCUT2D eigenvalue weighted by Crippen LogP contribution is 2.37. The fourth-order valence-corrected chi connectivity index (χ4v) is 5.77. The molecule has 1 atom stereocenters. The second-order valence-corrected chi connectivity index (χ2v) is 10.9. The van der Waals surface area contributed by atoms with Crippen LogP contribution in [0, 0.1) is 5.82 Å². The Kier molecular flexibility index (Phi) is 7.15. The molecule has 2 aliphatic rings. The van der Waals surface area contributed by atoms with Crippen LogP contribution in [0.5, 0.6) is 5.75 Å². The zero-order valence-electron chi connectivity index (χ0n) is 20.6. The van der Waals surface area contributed by atoms with Gasteiger partial charge in [-0.25, -0.2) is 12.8 Å². The van der Waals surface area contributed by atoms with Crippen molar-refractivity contribution in [2.24, 2.45) is 0 Å². The molecule has 5 rings (SSSR count). The van der Waals surface area contributed by atoms with E-state index in [9.17, 15) is 22.4 Å². The number of carbonyl (C=O) groups is 2. The van der Waals surface area contributed by atoms with Crippen molar-refractivity contribution in [2.45, 2.75) is 24.5 Å². The van der Waals surface area contributed by atoms with Crippen LogP contribution in [0.25, 0.3) is 0 Å². The van der Waals surface area contributed by atoms with Gasteiger partial charge in [0.1, 0.15) is 11.6 Å². The molecule has 38 heavy (non-hydrogen) atoms. The Balaban J connectivity index is 1.35. The molecule has 0 aromatic heterocycles. The summed E-state index contributed by atoms with van der Waals surface area (Å²) in [6, 6.07) is 16.8. The molecular weight excluding hydrogens is 513 g/mol. The number of rotatable bonds is 6. The molecule has 1 fully saturated rings. The van der Waals surface area contributed by atoms with E-state index in [4.69, 9.17) is 9.47 Å². The van der Waals surface area contributed by atoms with Crippen molar-refractivity contribution in [3.8, 4) is 5.75 Å². The largest absolute Gasteiger partial charge is 0.479 e. The lowest BCUT2D eigenvalue weighted by Gasteiger charge is -2.33. The minimum Gasteiger partial charge on any atom is -0.479 e. The highest BCUT2D eigenvalue weighted by atomic mass is 32.2. The average Bonchev–Trinajstić information content (AvgIpc) is 2.93. The molecular formula is C27H26FN3O6S. The summed E-state index contributed by atoms with van der Waals surface area (Å²) in [5.41, 5.74) is 1.40. The van der Waals surface area contributed by atoms with Crippen LogP contribution in [-0.4, -0.2) is 56.9 Å². The van der Waals surface area contributed by atoms with E-state index >= 15 is 0 Å². The van der Waals surface area contributed by atoms with Crippen molar-refractivity contribution in [1.29, 1.82) is 0 Å². The summed E-state index contributed by atoms with van der Waals surface area (Å²) in [7, 11) is -3.67. The summed E-state index contributed by atoms with van der Waals surface area (Å²) in [6.45, 7) is 2.87. The van der Waals surface area contributed by atoms with E-state index in [0.29, 0.717) is 35.9 Å². The minimum atomic E-state index is -3.67. The molecule has 0 radical (unpaired) electrons. The molecule has 0 aliphatic carbocycles. The number of morpholine rings is 1. The maximum absolute atomic E-state index is 14.3. The third kappa shape index (κ3) is 5.13. The number of anilines is 2. The first-order chi connectivity index (χ1) is 18.2. The van der Waals surface area contributed by atoms with Gasteiger partial charge in [0.15, 0.2) is 6.10 Å². The molecule has 2 aliphatic heterocycles. The smallest absolute Gasteiger partial charge is 0.268 e. The molecule has 11 heteroatoms. The van der Waals surface area contributed by atoms with Crippen LogP contribution in [0.3, 0.4) is 0 Å². The van der Waals surface area contributed by atoms with Gasteiger partial charge in [0.05, 0.1) is 30.3 Å². The van der Waals surface area contributed by atoms with Gasteiger partial charge >= 0.3 is 0 Å². The summed E-state index contributed by atoms with van der Waals surface area (Å²) < 4.78 is 52.3. The second kappa shape index (κ2) is 10.5. The molecule has 3 aromatic rings. The first-order valence-corrected chi connectivity index (χ1v) is 13.5. The van der Waals surface area contributed by atoms with E-state index in [2.05, 4.69) is 5.32 Å². The van der Waals surface area contributed by atoms with E-state index in [1.54, 1.807) is 43.3 Å². The predicted octanol–water partition coefficient (Wildman–Crippen LogP) is 3.41. The van der Waals surface area contributed by atoms with Crippen LogP contribution < -0.4 is 15.0 Å². The summed E-state index contributed by atoms with van der Waals surface area (Å²) in [4.78, 5) is 27.4. The number of hydrogen-bond acceptors (Lipinski definition) is 6. The fraction of sp³-hybridized carbons (Fsp3) is 0.259. The topological polar surface area (TPSA) is 105 Å². The maximum atomic E-state index is 14.3. The third-order valence-electron chi connectivity index (χ3n) is 6.44. The van der Waals surface area contributed by atoms with Gasteiger partial charge in [0.2, 0.25) is 10.0 Å². The Labute approximate surface area is 219 Å². The first-order valence-electron chi connectivity index (χ1n) is 12.1. The highest BCUT2D eigenvalue weighted by Gasteiger charge is 2.32. The van der Waals surface area contributed by atoms with Gasteiger partial charge in [-0.1, -0.05) is 18.2 Å². The van der Waals surface area contributed by atoms with Crippen LogP contribution in [0.1, 0.15) is 22.8 Å². The average molecular weight is 540 g/mol. The van der Waals surface area contributed by atoms with E-state index in [1.165, 1.54) is 39.5 Å². The number of fused-ring (bicyclic) bond motifs is 1. The summed E-state index contributed by atoms with van der Waals surface area (Å²) in [5, 5.41) is 2.77. The molecule has 0 spiro atoms. The molecule has 1 N–H and O–H groups in total. The van der Waals surface area contributed by atoms with Crippen LogP contribution >= 0.6 is 0 Å². The number of ether oxygens (including phenoxy) is 2. The molecule has 2 amide bonds. The number of sulfonamides is 1. The van der Waals surface area contributed by atoms with Gasteiger partial charge in [-0.05, 0) is 55.5 Å². The summed E-state index contributed by atoms with van der Waals surface area (Å²) in [6.07, 6.45) is -0.748. The summed E-state index contributed by atoms with van der Waals surface area (Å²) in [5.74, 6) is -0.785. The third-order valence-corrected chi connectivity index (χ3v) is 8.35. The van der Waals surface area contributed by atoms with Crippen LogP contribution in [0.15, 0.2) is 71.6 Å². The van der Waals surface area contributed by atoms with E-state index in [-0.39, 0.29) is 36.0 Å². The van der Waals surface area contributed by atoms with E-state index < -0.39 is 27.9 Å². The zero-order chi connectivity index (χ0) is 26.9. The minimum absolute atomic E-state index is 0.00266. The predicted molar refractivity (Wildman–Crippen MR) is 138 cm³/mol. The lowest BCUT2D eigenvalue weighted by atomic mass is 10.1. The van der Waals surface area contributed by atoms with Crippen molar-refractivity contribution in [3.63, 3.8) is 0 Å². The van der Waals surface area contributed by atoms with E-state index in [1.807, 2.05) is 0 Å². The lowest BCUT2D eigenvalue weighted by Crippen LogP contribution is -2.44. The van der Waals surface area contributed by atoms with Crippen LogP contribution in [0.4, 0.5) is 15.8 Å². The van der Waals surface area contributed by atoms with Crippen molar-refractivity contribution in [3.05, 3.63) is 83.7 Å². The Morgan fingerprint density at radius 1 is 1.05 bits per heavy atom. The van der Waals surface area contributed by atoms with Gasteiger partial charge in [0.25, 0.3) is 11.8 Å². The van der Waals surface area contributed by atoms with Crippen molar-refractivity contribution in [2.75, 3.05) is 36.5 Å². The SMILES string of the molecule is CC1Oc2ccc(NC(=O)c3ccc(S(=O)(=O)N4CCOCC4)cc3)cc2N(Cc2ccccc2F)C1=O. The summed E-state index contributed by atoms with van der Waals surface area (Å²) >= 11 is 0. The van der Waals surface area contributed by atoms with Crippen LogP contribution in [0.2, 0.25) is 0 Å². The molecule has 9 nitrogen and oxygen atoms in total. The molecule has 2 heterocycles. The number of carbonyl (C=O) groups excluding carboxylic acids is 2. The quantitative estimate of drug-likeness (QED) is 0.515. The normalized spacial score (nSPS) is 18.0. The molecule has 198 valence electrons. The molecule has 1 unspecified atom stereocenters. The monoisotopic (exact) mass is 539 g/mol. The first kappa shape index (κ1) is 25.8. The van der Waals surface area contributed by atoms with Crippen molar-refractivity contribution >= 4 is 33.2 Å². The fourth-order valence-electron chi connectivity index (χ4n) is 4.36. The van der Waals surface area contributed by atoms with Gasteiger partial charge < -0.3 is 19.7 Å². The molecule has 3 aromatic carbocycles. The Hall–Kier alpha value is -3.80. The maximum Gasteiger partial charge on any atom is 0.268 e. The number of halogens is 1. The van der Waals surface area contributed by atoms with Gasteiger partial charge in [-0.2, -0.15) is 4.31 Å². The van der Waals surface area contributed by atoms with E-state index in [0.717, 1.165) is 0 Å². The zero-order valence-corrected chi connectivity index (χ0v) is 21.4. The Morgan fingerprint density at radius 3 is 2.47 bits per heavy atom. The molecule has 0 bridgehead atoms. The highest BCUT2D eigenvalue weighted by molar-refractivity contribution is 7.89. The molecule has 0 saturated carbocycles. The number of hydrogen-bond donors (Lipinski definition) is 1. The van der Waals surface area contributed by atoms with Gasteiger partial charge in [-0.15, -0.1) is 0 Å². The lowest BCUT2D eigenvalue weighted by molar-refractivity contribution is -0.125. The van der Waals surface area contributed by atoms with Gasteiger partial charge in [-0.3, -0.25) is 9.59 Å². The number of nitrogens with one attached hydrogen (secondary N) is 1. The number of benzene rings is 3. The second-order valence-electron chi connectivity index (χ2n) is 8.95. The molecule has 1 saturated heterocycles. The van der Waals surface area contributed by atoms with Crippen LogP contribution in [-0.2, 0) is 26.1 Å². The number of amides is 2. The van der Waals surface area contributed by atoms with Gasteiger partial charge in [0, 0.05) is 29.9 Å². The Bertz CT molecular complexity index is 1470. The van der Waals surface area contributed by atoms with Crippen molar-refractivity contribution in [1.82, 2.24) is 4.31 Å². The standard InChI is InChI=1S/C27H26FN3O6S/c1-18-27(33)31(17-20-4-2-3-5-23(20)28)24-16-21(8-11-25(24)37-18)29-26(32)19-6-9-22(10-7-19)38(34,35)30-12-14-36-15-13-30/h2-11,16,18H,12-15,17H2,1H3,(H,29,32).